The Hall–Kier alpha value is -3.09. The highest BCUT2D eigenvalue weighted by atomic mass is 19.1. The van der Waals surface area contributed by atoms with E-state index in [0.717, 1.165) is 16.6 Å². The number of nitrogens with zero attached hydrogens (tertiary/aromatic N) is 3. The van der Waals surface area contributed by atoms with Crippen LogP contribution in [-0.2, 0) is 11.3 Å². The van der Waals surface area contributed by atoms with Crippen LogP contribution in [0.4, 0.5) is 9.18 Å². The summed E-state index contributed by atoms with van der Waals surface area (Å²) in [6, 6.07) is 14.7. The maximum atomic E-state index is 13.3. The Morgan fingerprint density at radius 1 is 1.17 bits per heavy atom. The van der Waals surface area contributed by atoms with Crippen molar-refractivity contribution >= 4 is 17.1 Å². The molecular weight excluding hydrogens is 385 g/mol. The Bertz CT molecular complexity index is 1040. The van der Waals surface area contributed by atoms with Crippen LogP contribution in [0.2, 0.25) is 0 Å². The normalized spacial score (nSPS) is 16.8. The number of hydrogen-bond donors (Lipinski definition) is 0. The van der Waals surface area contributed by atoms with Gasteiger partial charge in [-0.2, -0.15) is 4.98 Å². The number of amides is 1. The van der Waals surface area contributed by atoms with Gasteiger partial charge in [-0.15, -0.1) is 0 Å². The van der Waals surface area contributed by atoms with Crippen molar-refractivity contribution in [1.82, 2.24) is 14.5 Å². The number of likely N-dealkylation sites (tertiary alicyclic amines) is 1. The number of ether oxygens (including phenoxy) is 2. The molecule has 1 aliphatic heterocycles. The monoisotopic (exact) mass is 411 g/mol. The maximum Gasteiger partial charge on any atom is 0.410 e. The smallest absolute Gasteiger partial charge is 0.410 e. The first-order valence-corrected chi connectivity index (χ1v) is 10.1. The van der Waals surface area contributed by atoms with Gasteiger partial charge in [-0.1, -0.05) is 24.3 Å². The minimum absolute atomic E-state index is 0.165. The van der Waals surface area contributed by atoms with E-state index in [9.17, 15) is 9.18 Å². The number of carbonyl (C=O) groups excluding carboxylic acids is 1. The molecule has 0 saturated carbocycles. The predicted molar refractivity (Wildman–Crippen MR) is 112 cm³/mol. The third kappa shape index (κ3) is 4.56. The molecule has 2 aromatic carbocycles. The molecule has 0 spiro atoms. The van der Waals surface area contributed by atoms with Gasteiger partial charge in [0.1, 0.15) is 17.5 Å². The summed E-state index contributed by atoms with van der Waals surface area (Å²) in [5.41, 5.74) is 2.20. The van der Waals surface area contributed by atoms with Crippen molar-refractivity contribution in [2.24, 2.45) is 0 Å². The van der Waals surface area contributed by atoms with Gasteiger partial charge in [-0.25, -0.2) is 9.18 Å². The fourth-order valence-corrected chi connectivity index (χ4v) is 3.53. The second kappa shape index (κ2) is 7.97. The quantitative estimate of drug-likeness (QED) is 0.629. The fourth-order valence-electron chi connectivity index (χ4n) is 3.53. The number of rotatable bonds is 4. The maximum absolute atomic E-state index is 13.3. The van der Waals surface area contributed by atoms with Gasteiger partial charge in [-0.05, 0) is 50.6 Å². The van der Waals surface area contributed by atoms with Crippen LogP contribution in [-0.4, -0.2) is 45.3 Å². The number of carbonyl (C=O) groups is 1. The summed E-state index contributed by atoms with van der Waals surface area (Å²) in [5, 5.41) is 0. The first kappa shape index (κ1) is 20.2. The third-order valence-electron chi connectivity index (χ3n) is 4.94. The molecular formula is C23H26FN3O3. The minimum Gasteiger partial charge on any atom is -0.459 e. The highest BCUT2D eigenvalue weighted by molar-refractivity contribution is 5.76. The summed E-state index contributed by atoms with van der Waals surface area (Å²) in [7, 11) is 0. The van der Waals surface area contributed by atoms with Crippen LogP contribution >= 0.6 is 0 Å². The molecule has 1 amide bonds. The van der Waals surface area contributed by atoms with Crippen LogP contribution in [0.15, 0.2) is 48.5 Å². The van der Waals surface area contributed by atoms with Crippen molar-refractivity contribution in [3.63, 3.8) is 0 Å². The van der Waals surface area contributed by atoms with Gasteiger partial charge in [0.15, 0.2) is 0 Å². The number of benzene rings is 2. The van der Waals surface area contributed by atoms with Gasteiger partial charge < -0.3 is 14.4 Å². The molecule has 4 rings (SSSR count). The van der Waals surface area contributed by atoms with E-state index in [2.05, 4.69) is 4.98 Å². The van der Waals surface area contributed by atoms with Gasteiger partial charge in [0, 0.05) is 13.0 Å². The van der Waals surface area contributed by atoms with Crippen LogP contribution in [0.25, 0.3) is 11.0 Å². The number of para-hydroxylation sites is 2. The van der Waals surface area contributed by atoms with E-state index >= 15 is 0 Å². The molecule has 1 saturated heterocycles. The van der Waals surface area contributed by atoms with Crippen LogP contribution in [0.3, 0.4) is 0 Å². The third-order valence-corrected chi connectivity index (χ3v) is 4.94. The van der Waals surface area contributed by atoms with E-state index in [-0.39, 0.29) is 18.0 Å². The van der Waals surface area contributed by atoms with Crippen molar-refractivity contribution in [3.8, 4) is 6.01 Å². The lowest BCUT2D eigenvalue weighted by Gasteiger charge is -2.24. The molecule has 1 aromatic heterocycles. The second-order valence-corrected chi connectivity index (χ2v) is 8.55. The standard InChI is InChI=1S/C23H26FN3O3/c1-23(2,3)30-22(28)26-13-12-18(15-26)29-21-25-19-6-4-5-7-20(19)27(21)14-16-8-10-17(24)11-9-16/h4-11,18H,12-15H2,1-3H3/t18-/m0/s1. The average Bonchev–Trinajstić information content (AvgIpc) is 3.28. The van der Waals surface area contributed by atoms with Crippen molar-refractivity contribution < 1.29 is 18.7 Å². The molecule has 1 fully saturated rings. The molecule has 1 atom stereocenters. The molecule has 3 aromatic rings. The zero-order chi connectivity index (χ0) is 21.3. The van der Waals surface area contributed by atoms with Crippen LogP contribution in [0, 0.1) is 5.82 Å². The zero-order valence-corrected chi connectivity index (χ0v) is 17.5. The van der Waals surface area contributed by atoms with Crippen molar-refractivity contribution in [2.75, 3.05) is 13.1 Å². The van der Waals surface area contributed by atoms with E-state index in [1.54, 1.807) is 17.0 Å². The van der Waals surface area contributed by atoms with Crippen LogP contribution in [0.5, 0.6) is 6.01 Å². The number of aromatic nitrogens is 2. The Balaban J connectivity index is 1.53. The molecule has 0 radical (unpaired) electrons. The molecule has 0 bridgehead atoms. The Morgan fingerprint density at radius 2 is 1.90 bits per heavy atom. The van der Waals surface area contributed by atoms with E-state index in [4.69, 9.17) is 9.47 Å². The van der Waals surface area contributed by atoms with Gasteiger partial charge in [0.05, 0.1) is 24.1 Å². The van der Waals surface area contributed by atoms with Gasteiger partial charge in [-0.3, -0.25) is 4.57 Å². The largest absolute Gasteiger partial charge is 0.459 e. The van der Waals surface area contributed by atoms with E-state index in [0.29, 0.717) is 32.1 Å². The second-order valence-electron chi connectivity index (χ2n) is 8.55. The SMILES string of the molecule is CC(C)(C)OC(=O)N1CC[C@H](Oc2nc3ccccc3n2Cc2ccc(F)cc2)C1. The van der Waals surface area contributed by atoms with Crippen molar-refractivity contribution in [2.45, 2.75) is 45.4 Å². The summed E-state index contributed by atoms with van der Waals surface area (Å²) in [6.07, 6.45) is 0.216. The lowest BCUT2D eigenvalue weighted by Crippen LogP contribution is -2.36. The predicted octanol–water partition coefficient (Wildman–Crippen LogP) is 4.61. The average molecular weight is 411 g/mol. The Morgan fingerprint density at radius 3 is 2.63 bits per heavy atom. The van der Waals surface area contributed by atoms with Crippen molar-refractivity contribution in [3.05, 3.63) is 59.9 Å². The van der Waals surface area contributed by atoms with Gasteiger partial charge >= 0.3 is 6.09 Å². The summed E-state index contributed by atoms with van der Waals surface area (Å²) in [4.78, 5) is 18.7. The van der Waals surface area contributed by atoms with E-state index in [1.807, 2.05) is 49.6 Å². The van der Waals surface area contributed by atoms with E-state index < -0.39 is 5.60 Å². The van der Waals surface area contributed by atoms with Gasteiger partial charge in [0.25, 0.3) is 6.01 Å². The molecule has 30 heavy (non-hydrogen) atoms. The van der Waals surface area contributed by atoms with Crippen LogP contribution < -0.4 is 4.74 Å². The highest BCUT2D eigenvalue weighted by Gasteiger charge is 2.32. The molecule has 0 aliphatic carbocycles. The summed E-state index contributed by atoms with van der Waals surface area (Å²) >= 11 is 0. The lowest BCUT2D eigenvalue weighted by molar-refractivity contribution is 0.0273. The molecule has 2 heterocycles. The molecule has 1 aliphatic rings. The first-order chi connectivity index (χ1) is 14.3. The lowest BCUT2D eigenvalue weighted by atomic mass is 10.2. The molecule has 0 N–H and O–H groups in total. The Labute approximate surface area is 175 Å². The molecule has 158 valence electrons. The molecule has 6 nitrogen and oxygen atoms in total. The number of imidazole rings is 1. The molecule has 7 heteroatoms. The molecule has 0 unspecified atom stereocenters. The van der Waals surface area contributed by atoms with Crippen LogP contribution in [0.1, 0.15) is 32.8 Å². The summed E-state index contributed by atoms with van der Waals surface area (Å²) < 4.78 is 27.0. The zero-order valence-electron chi connectivity index (χ0n) is 17.5. The minimum atomic E-state index is -0.529. The first-order valence-electron chi connectivity index (χ1n) is 10.1. The number of fused-ring (bicyclic) bond motifs is 1. The summed E-state index contributed by atoms with van der Waals surface area (Å²) in [6.45, 7) is 7.11. The van der Waals surface area contributed by atoms with Gasteiger partial charge in [0.2, 0.25) is 0 Å². The highest BCUT2D eigenvalue weighted by Crippen LogP contribution is 2.26. The Kier molecular flexibility index (Phi) is 5.37. The fraction of sp³-hybridized carbons (Fsp3) is 0.391. The number of halogens is 1. The van der Waals surface area contributed by atoms with E-state index in [1.165, 1.54) is 12.1 Å². The number of hydrogen-bond acceptors (Lipinski definition) is 4. The topological polar surface area (TPSA) is 56.6 Å². The van der Waals surface area contributed by atoms with Crippen molar-refractivity contribution in [1.29, 1.82) is 0 Å². The summed E-state index contributed by atoms with van der Waals surface area (Å²) in [5.74, 6) is -0.265.